The highest BCUT2D eigenvalue weighted by atomic mass is 35.5. The van der Waals surface area contributed by atoms with E-state index in [-0.39, 0.29) is 22.5 Å². The Hall–Kier alpha value is -0.670. The number of halogens is 1. The third-order valence-corrected chi connectivity index (χ3v) is 7.61. The quantitative estimate of drug-likeness (QED) is 0.798. The second kappa shape index (κ2) is 9.15. The number of sulfonamides is 1. The molecule has 1 aromatic rings. The van der Waals surface area contributed by atoms with Gasteiger partial charge in [-0.1, -0.05) is 6.92 Å². The van der Waals surface area contributed by atoms with Gasteiger partial charge in [0.1, 0.15) is 4.21 Å². The van der Waals surface area contributed by atoms with E-state index in [0.29, 0.717) is 37.0 Å². The maximum absolute atomic E-state index is 12.7. The first-order valence-corrected chi connectivity index (χ1v) is 10.1. The minimum Gasteiger partial charge on any atom is -0.340 e. The third-order valence-electron chi connectivity index (χ3n) is 4.17. The van der Waals surface area contributed by atoms with Gasteiger partial charge in [-0.2, -0.15) is 4.31 Å². The molecular formula is C15H26ClN3O3S2. The molecule has 24 heavy (non-hydrogen) atoms. The van der Waals surface area contributed by atoms with Gasteiger partial charge in [0.2, 0.25) is 0 Å². The summed E-state index contributed by atoms with van der Waals surface area (Å²) in [6, 6.07) is 3.17. The van der Waals surface area contributed by atoms with Crippen LogP contribution in [0.4, 0.5) is 0 Å². The van der Waals surface area contributed by atoms with Crippen molar-refractivity contribution >= 4 is 39.7 Å². The summed E-state index contributed by atoms with van der Waals surface area (Å²) < 4.78 is 27.1. The Labute approximate surface area is 154 Å². The lowest BCUT2D eigenvalue weighted by molar-refractivity contribution is 0.0801. The fourth-order valence-corrected chi connectivity index (χ4v) is 5.42. The molecule has 6 nitrogen and oxygen atoms in total. The van der Waals surface area contributed by atoms with Gasteiger partial charge in [-0.05, 0) is 37.9 Å². The van der Waals surface area contributed by atoms with Crippen LogP contribution in [0, 0.1) is 5.92 Å². The molecule has 1 N–H and O–H groups in total. The Bertz CT molecular complexity index is 640. The highest BCUT2D eigenvalue weighted by Gasteiger charge is 2.30. The third kappa shape index (κ3) is 4.92. The molecule has 9 heteroatoms. The fourth-order valence-electron chi connectivity index (χ4n) is 2.50. The molecule has 2 heterocycles. The minimum atomic E-state index is -3.47. The van der Waals surface area contributed by atoms with Crippen molar-refractivity contribution in [2.24, 2.45) is 5.92 Å². The van der Waals surface area contributed by atoms with Gasteiger partial charge in [-0.3, -0.25) is 4.79 Å². The van der Waals surface area contributed by atoms with E-state index in [2.05, 4.69) is 12.2 Å². The molecule has 138 valence electrons. The normalized spacial score (nSPS) is 16.6. The first kappa shape index (κ1) is 21.4. The van der Waals surface area contributed by atoms with Crippen molar-refractivity contribution in [1.29, 1.82) is 0 Å². The van der Waals surface area contributed by atoms with E-state index in [9.17, 15) is 13.2 Å². The maximum Gasteiger partial charge on any atom is 0.263 e. The summed E-state index contributed by atoms with van der Waals surface area (Å²) >= 11 is 1.06. The molecule has 0 radical (unpaired) electrons. The Balaban J connectivity index is 0.00000288. The second-order valence-electron chi connectivity index (χ2n) is 6.04. The average molecular weight is 396 g/mol. The Kier molecular flexibility index (Phi) is 8.14. The van der Waals surface area contributed by atoms with Gasteiger partial charge in [0.05, 0.1) is 4.88 Å². The maximum atomic E-state index is 12.7. The molecule has 0 aromatic carbocycles. The van der Waals surface area contributed by atoms with Crippen LogP contribution in [0.15, 0.2) is 16.3 Å². The number of carbonyl (C=O) groups is 1. The zero-order valence-corrected chi connectivity index (χ0v) is 16.8. The van der Waals surface area contributed by atoms with Crippen molar-refractivity contribution in [3.8, 4) is 0 Å². The predicted molar refractivity (Wildman–Crippen MR) is 99.6 cm³/mol. The van der Waals surface area contributed by atoms with E-state index in [1.165, 1.54) is 4.31 Å². The van der Waals surface area contributed by atoms with Crippen LogP contribution in [0.3, 0.4) is 0 Å². The lowest BCUT2D eigenvalue weighted by Crippen LogP contribution is -2.37. The molecule has 0 atom stereocenters. The molecule has 2 rings (SSSR count). The fraction of sp³-hybridized carbons (Fsp3) is 0.667. The molecule has 1 amide bonds. The summed E-state index contributed by atoms with van der Waals surface area (Å²) in [5.41, 5.74) is 0. The lowest BCUT2D eigenvalue weighted by atomic mass is 10.0. The molecule has 0 aliphatic carbocycles. The van der Waals surface area contributed by atoms with Crippen molar-refractivity contribution in [2.45, 2.75) is 24.0 Å². The van der Waals surface area contributed by atoms with E-state index in [0.717, 1.165) is 24.2 Å². The summed E-state index contributed by atoms with van der Waals surface area (Å²) in [6.07, 6.45) is 1.78. The summed E-state index contributed by atoms with van der Waals surface area (Å²) in [6.45, 7) is 4.55. The van der Waals surface area contributed by atoms with Crippen LogP contribution < -0.4 is 5.32 Å². The van der Waals surface area contributed by atoms with Crippen molar-refractivity contribution in [3.63, 3.8) is 0 Å². The number of rotatable bonds is 6. The number of hydrogen-bond donors (Lipinski definition) is 1. The topological polar surface area (TPSA) is 69.7 Å². The molecule has 1 fully saturated rings. The Morgan fingerprint density at radius 2 is 2.00 bits per heavy atom. The van der Waals surface area contributed by atoms with Crippen LogP contribution >= 0.6 is 23.7 Å². The molecule has 1 saturated heterocycles. The summed E-state index contributed by atoms with van der Waals surface area (Å²) in [5.74, 6) is 0.432. The number of piperidine rings is 1. The number of likely N-dealkylation sites (N-methyl/N-ethyl adjacent to an activating group) is 2. The zero-order chi connectivity index (χ0) is 17.0. The van der Waals surface area contributed by atoms with Crippen LogP contribution in [0.1, 0.15) is 29.4 Å². The number of nitrogens with one attached hydrogen (secondary N) is 1. The molecule has 1 aliphatic heterocycles. The molecule has 0 bridgehead atoms. The number of amides is 1. The van der Waals surface area contributed by atoms with Crippen molar-refractivity contribution in [1.82, 2.24) is 14.5 Å². The Morgan fingerprint density at radius 3 is 2.58 bits per heavy atom. The van der Waals surface area contributed by atoms with Gasteiger partial charge in [-0.25, -0.2) is 8.42 Å². The van der Waals surface area contributed by atoms with Crippen LogP contribution in [-0.2, 0) is 10.0 Å². The van der Waals surface area contributed by atoms with Crippen LogP contribution in [0.5, 0.6) is 0 Å². The molecule has 0 unspecified atom stereocenters. The van der Waals surface area contributed by atoms with Crippen LogP contribution in [0.25, 0.3) is 0 Å². The van der Waals surface area contributed by atoms with Crippen LogP contribution in [-0.4, -0.2) is 63.8 Å². The van der Waals surface area contributed by atoms with Crippen molar-refractivity contribution in [2.75, 3.05) is 40.3 Å². The molecule has 0 saturated carbocycles. The molecular weight excluding hydrogens is 370 g/mol. The number of thiophene rings is 1. The summed E-state index contributed by atoms with van der Waals surface area (Å²) in [4.78, 5) is 14.4. The van der Waals surface area contributed by atoms with Crippen molar-refractivity contribution in [3.05, 3.63) is 17.0 Å². The number of hydrogen-bond acceptors (Lipinski definition) is 5. The number of nitrogens with zero attached hydrogens (tertiary/aromatic N) is 2. The SMILES string of the molecule is CNCCN(C)C(=O)c1ccc(S(=O)(=O)N2CCC(C)CC2)s1.Cl. The summed E-state index contributed by atoms with van der Waals surface area (Å²) in [7, 11) is 0.0768. The van der Waals surface area contributed by atoms with Gasteiger partial charge in [0.25, 0.3) is 15.9 Å². The van der Waals surface area contributed by atoms with Crippen LogP contribution in [0.2, 0.25) is 0 Å². The van der Waals surface area contributed by atoms with E-state index < -0.39 is 10.0 Å². The van der Waals surface area contributed by atoms with E-state index in [4.69, 9.17) is 0 Å². The largest absolute Gasteiger partial charge is 0.340 e. The second-order valence-corrected chi connectivity index (χ2v) is 9.28. The molecule has 1 aromatic heterocycles. The monoisotopic (exact) mass is 395 g/mol. The lowest BCUT2D eigenvalue weighted by Gasteiger charge is -2.28. The van der Waals surface area contributed by atoms with Gasteiger partial charge < -0.3 is 10.2 Å². The summed E-state index contributed by atoms with van der Waals surface area (Å²) in [5, 5.41) is 2.99. The first-order valence-electron chi connectivity index (χ1n) is 7.86. The minimum absolute atomic E-state index is 0. The Morgan fingerprint density at radius 1 is 1.38 bits per heavy atom. The van der Waals surface area contributed by atoms with Crippen molar-refractivity contribution < 1.29 is 13.2 Å². The van der Waals surface area contributed by atoms with E-state index >= 15 is 0 Å². The van der Waals surface area contributed by atoms with E-state index in [1.807, 2.05) is 7.05 Å². The number of carbonyl (C=O) groups excluding carboxylic acids is 1. The highest BCUT2D eigenvalue weighted by Crippen LogP contribution is 2.28. The van der Waals surface area contributed by atoms with Gasteiger partial charge in [0.15, 0.2) is 0 Å². The predicted octanol–water partition coefficient (Wildman–Crippen LogP) is 1.88. The molecule has 1 aliphatic rings. The zero-order valence-electron chi connectivity index (χ0n) is 14.3. The van der Waals surface area contributed by atoms with Gasteiger partial charge >= 0.3 is 0 Å². The van der Waals surface area contributed by atoms with Gasteiger partial charge in [0, 0.05) is 33.2 Å². The average Bonchev–Trinajstić information content (AvgIpc) is 3.03. The smallest absolute Gasteiger partial charge is 0.263 e. The van der Waals surface area contributed by atoms with E-state index in [1.54, 1.807) is 24.1 Å². The first-order chi connectivity index (χ1) is 10.9. The standard InChI is InChI=1S/C15H25N3O3S2.ClH/c1-12-6-9-18(10-7-12)23(20,21)14-5-4-13(22-14)15(19)17(3)11-8-16-2;/h4-5,12,16H,6-11H2,1-3H3;1H. The highest BCUT2D eigenvalue weighted by molar-refractivity contribution is 7.91. The molecule has 0 spiro atoms. The van der Waals surface area contributed by atoms with Gasteiger partial charge in [-0.15, -0.1) is 23.7 Å².